The highest BCUT2D eigenvalue weighted by atomic mass is 16.5. The highest BCUT2D eigenvalue weighted by Gasteiger charge is 2.39. The van der Waals surface area contributed by atoms with Gasteiger partial charge in [-0.05, 0) is 38.3 Å². The van der Waals surface area contributed by atoms with Crippen LogP contribution in [0.4, 0.5) is 0 Å². The first kappa shape index (κ1) is 11.5. The molecule has 14 heavy (non-hydrogen) atoms. The van der Waals surface area contributed by atoms with Crippen LogP contribution >= 0.6 is 0 Å². The number of methoxy groups -OCH3 is 1. The molecule has 0 radical (unpaired) electrons. The number of likely N-dealkylation sites (N-methyl/N-ethyl adjacent to an activating group) is 1. The Morgan fingerprint density at radius 1 is 1.50 bits per heavy atom. The molecule has 0 bridgehead atoms. The second-order valence-corrected chi connectivity index (χ2v) is 3.93. The van der Waals surface area contributed by atoms with E-state index in [-0.39, 0.29) is 12.0 Å². The third kappa shape index (κ3) is 2.71. The molecule has 0 aromatic heterocycles. The molecule has 0 aromatic carbocycles. The molecule has 0 heterocycles. The molecule has 0 spiro atoms. The summed E-state index contributed by atoms with van der Waals surface area (Å²) in [5, 5.41) is 0. The molecule has 3 heteroatoms. The second kappa shape index (κ2) is 5.35. The molecule has 0 aliphatic heterocycles. The Labute approximate surface area is 86.4 Å². The van der Waals surface area contributed by atoms with Gasteiger partial charge in [-0.3, -0.25) is 9.69 Å². The fourth-order valence-corrected chi connectivity index (χ4v) is 1.95. The van der Waals surface area contributed by atoms with Gasteiger partial charge in [0, 0.05) is 0 Å². The summed E-state index contributed by atoms with van der Waals surface area (Å²) in [6, 6.07) is 0.0185. The lowest BCUT2D eigenvalue weighted by atomic mass is 10.1. The lowest BCUT2D eigenvalue weighted by Gasteiger charge is -2.28. The maximum absolute atomic E-state index is 11.6. The number of carbonyl (C=O) groups is 1. The van der Waals surface area contributed by atoms with Gasteiger partial charge in [0.15, 0.2) is 0 Å². The number of rotatable bonds is 6. The van der Waals surface area contributed by atoms with Crippen LogP contribution in [-0.4, -0.2) is 37.1 Å². The van der Waals surface area contributed by atoms with Crippen molar-refractivity contribution in [3.05, 3.63) is 0 Å². The molecule has 82 valence electrons. The van der Waals surface area contributed by atoms with Crippen LogP contribution in [0.1, 0.15) is 33.1 Å². The Morgan fingerprint density at radius 2 is 2.14 bits per heavy atom. The Bertz CT molecular complexity index is 190. The average Bonchev–Trinajstić information content (AvgIpc) is 3.00. The number of hydrogen-bond donors (Lipinski definition) is 0. The van der Waals surface area contributed by atoms with E-state index in [1.807, 2.05) is 0 Å². The normalized spacial score (nSPS) is 18.3. The van der Waals surface area contributed by atoms with E-state index in [0.29, 0.717) is 5.92 Å². The minimum Gasteiger partial charge on any atom is -0.468 e. The van der Waals surface area contributed by atoms with E-state index in [4.69, 9.17) is 4.74 Å². The summed E-state index contributed by atoms with van der Waals surface area (Å²) < 4.78 is 4.86. The standard InChI is InChI=1S/C11H21NO2/c1-4-8-12(5-2)10(9-6-7-9)11(13)14-3/h9-10H,4-8H2,1-3H3. The van der Waals surface area contributed by atoms with Crippen LogP contribution in [0, 0.1) is 5.92 Å². The number of ether oxygens (including phenoxy) is 1. The Balaban J connectivity index is 2.58. The molecular formula is C11H21NO2. The van der Waals surface area contributed by atoms with Gasteiger partial charge in [0.05, 0.1) is 7.11 Å². The average molecular weight is 199 g/mol. The van der Waals surface area contributed by atoms with E-state index in [9.17, 15) is 4.79 Å². The van der Waals surface area contributed by atoms with Gasteiger partial charge in [0.25, 0.3) is 0 Å². The molecule has 0 saturated heterocycles. The summed E-state index contributed by atoms with van der Waals surface area (Å²) in [5.41, 5.74) is 0. The minimum atomic E-state index is -0.0530. The summed E-state index contributed by atoms with van der Waals surface area (Å²) >= 11 is 0. The monoisotopic (exact) mass is 199 g/mol. The fourth-order valence-electron chi connectivity index (χ4n) is 1.95. The molecule has 1 aliphatic carbocycles. The second-order valence-electron chi connectivity index (χ2n) is 3.93. The van der Waals surface area contributed by atoms with Crippen molar-refractivity contribution in [3.8, 4) is 0 Å². The number of hydrogen-bond acceptors (Lipinski definition) is 3. The quantitative estimate of drug-likeness (QED) is 0.609. The lowest BCUT2D eigenvalue weighted by Crippen LogP contribution is -2.43. The molecular weight excluding hydrogens is 178 g/mol. The molecule has 0 amide bonds. The van der Waals surface area contributed by atoms with Crippen LogP contribution in [0.15, 0.2) is 0 Å². The minimum absolute atomic E-state index is 0.0185. The van der Waals surface area contributed by atoms with Crippen LogP contribution in [-0.2, 0) is 9.53 Å². The van der Waals surface area contributed by atoms with Crippen molar-refractivity contribution in [2.45, 2.75) is 39.2 Å². The Kier molecular flexibility index (Phi) is 4.39. The van der Waals surface area contributed by atoms with Crippen molar-refractivity contribution < 1.29 is 9.53 Å². The number of nitrogens with zero attached hydrogens (tertiary/aromatic N) is 1. The van der Waals surface area contributed by atoms with Crippen LogP contribution in [0.3, 0.4) is 0 Å². The van der Waals surface area contributed by atoms with Crippen molar-refractivity contribution in [2.24, 2.45) is 5.92 Å². The summed E-state index contributed by atoms with van der Waals surface area (Å²) in [5.74, 6) is 0.497. The van der Waals surface area contributed by atoms with Gasteiger partial charge in [-0.25, -0.2) is 0 Å². The van der Waals surface area contributed by atoms with Gasteiger partial charge in [0.1, 0.15) is 6.04 Å². The van der Waals surface area contributed by atoms with E-state index in [1.165, 1.54) is 20.0 Å². The largest absolute Gasteiger partial charge is 0.468 e. The van der Waals surface area contributed by atoms with Gasteiger partial charge in [-0.1, -0.05) is 13.8 Å². The van der Waals surface area contributed by atoms with Gasteiger partial charge in [-0.2, -0.15) is 0 Å². The summed E-state index contributed by atoms with van der Waals surface area (Å²) in [7, 11) is 1.48. The van der Waals surface area contributed by atoms with Gasteiger partial charge in [-0.15, -0.1) is 0 Å². The van der Waals surface area contributed by atoms with Gasteiger partial charge >= 0.3 is 5.97 Å². The first-order valence-electron chi connectivity index (χ1n) is 5.56. The topological polar surface area (TPSA) is 29.5 Å². The van der Waals surface area contributed by atoms with Crippen molar-refractivity contribution in [3.63, 3.8) is 0 Å². The first-order chi connectivity index (χ1) is 6.74. The van der Waals surface area contributed by atoms with Crippen molar-refractivity contribution in [1.82, 2.24) is 4.90 Å². The van der Waals surface area contributed by atoms with Gasteiger partial charge < -0.3 is 4.74 Å². The van der Waals surface area contributed by atoms with Crippen LogP contribution in [0.5, 0.6) is 0 Å². The number of esters is 1. The molecule has 1 atom stereocenters. The van der Waals surface area contributed by atoms with E-state index < -0.39 is 0 Å². The zero-order valence-corrected chi connectivity index (χ0v) is 9.45. The van der Waals surface area contributed by atoms with Crippen LogP contribution in [0.25, 0.3) is 0 Å². The summed E-state index contributed by atoms with van der Waals surface area (Å²) in [6.07, 6.45) is 3.45. The zero-order valence-electron chi connectivity index (χ0n) is 9.45. The zero-order chi connectivity index (χ0) is 10.6. The summed E-state index contributed by atoms with van der Waals surface area (Å²) in [4.78, 5) is 13.8. The van der Waals surface area contributed by atoms with Crippen molar-refractivity contribution in [1.29, 1.82) is 0 Å². The van der Waals surface area contributed by atoms with E-state index in [2.05, 4.69) is 18.7 Å². The predicted octanol–water partition coefficient (Wildman–Crippen LogP) is 1.67. The third-order valence-corrected chi connectivity index (χ3v) is 2.82. The molecule has 1 fully saturated rings. The SMILES string of the molecule is CCCN(CC)C(C(=O)OC)C1CC1. The van der Waals surface area contributed by atoms with E-state index >= 15 is 0 Å². The lowest BCUT2D eigenvalue weighted by molar-refractivity contribution is -0.147. The Morgan fingerprint density at radius 3 is 2.50 bits per heavy atom. The molecule has 0 aromatic rings. The first-order valence-corrected chi connectivity index (χ1v) is 5.56. The predicted molar refractivity (Wildman–Crippen MR) is 56.1 cm³/mol. The van der Waals surface area contributed by atoms with Crippen LogP contribution < -0.4 is 0 Å². The molecule has 1 unspecified atom stereocenters. The summed E-state index contributed by atoms with van der Waals surface area (Å²) in [6.45, 7) is 6.18. The number of carbonyl (C=O) groups excluding carboxylic acids is 1. The molecule has 1 aliphatic rings. The fraction of sp³-hybridized carbons (Fsp3) is 0.909. The molecule has 1 rings (SSSR count). The molecule has 0 N–H and O–H groups in total. The van der Waals surface area contributed by atoms with Gasteiger partial charge in [0.2, 0.25) is 0 Å². The van der Waals surface area contributed by atoms with E-state index in [0.717, 1.165) is 19.5 Å². The molecule has 1 saturated carbocycles. The van der Waals surface area contributed by atoms with Crippen molar-refractivity contribution in [2.75, 3.05) is 20.2 Å². The molecule has 3 nitrogen and oxygen atoms in total. The third-order valence-electron chi connectivity index (χ3n) is 2.82. The maximum Gasteiger partial charge on any atom is 0.323 e. The smallest absolute Gasteiger partial charge is 0.323 e. The highest BCUT2D eigenvalue weighted by molar-refractivity contribution is 5.76. The Hall–Kier alpha value is -0.570. The van der Waals surface area contributed by atoms with Crippen molar-refractivity contribution >= 4 is 5.97 Å². The van der Waals surface area contributed by atoms with Crippen LogP contribution in [0.2, 0.25) is 0 Å². The maximum atomic E-state index is 11.6. The van der Waals surface area contributed by atoms with E-state index in [1.54, 1.807) is 0 Å². The highest BCUT2D eigenvalue weighted by Crippen LogP contribution is 2.35.